The molecular weight excluding hydrogens is 200 g/mol. The first kappa shape index (κ1) is 12.6. The van der Waals surface area contributed by atoms with Gasteiger partial charge in [-0.3, -0.25) is 4.79 Å². The first-order valence-electron chi connectivity index (χ1n) is 5.75. The quantitative estimate of drug-likeness (QED) is 0.748. The third kappa shape index (κ3) is 3.57. The predicted molar refractivity (Wildman–Crippen MR) is 67.0 cm³/mol. The molecule has 0 aliphatic carbocycles. The first-order chi connectivity index (χ1) is 7.65. The van der Waals surface area contributed by atoms with Crippen LogP contribution in [0.3, 0.4) is 0 Å². The largest absolute Gasteiger partial charge is 0.399 e. The van der Waals surface area contributed by atoms with E-state index < -0.39 is 0 Å². The van der Waals surface area contributed by atoms with Crippen LogP contribution in [0, 0.1) is 6.92 Å². The van der Waals surface area contributed by atoms with E-state index in [2.05, 4.69) is 12.2 Å². The van der Waals surface area contributed by atoms with Gasteiger partial charge >= 0.3 is 0 Å². The monoisotopic (exact) mass is 220 g/mol. The van der Waals surface area contributed by atoms with E-state index >= 15 is 0 Å². The Morgan fingerprint density at radius 1 is 1.44 bits per heavy atom. The Morgan fingerprint density at radius 3 is 2.88 bits per heavy atom. The van der Waals surface area contributed by atoms with Crippen molar-refractivity contribution >= 4 is 11.6 Å². The summed E-state index contributed by atoms with van der Waals surface area (Å²) >= 11 is 0. The molecular formula is C13H20N2O. The van der Waals surface area contributed by atoms with E-state index in [1.165, 1.54) is 0 Å². The van der Waals surface area contributed by atoms with Crippen molar-refractivity contribution in [2.45, 2.75) is 39.7 Å². The normalized spacial score (nSPS) is 10.1. The smallest absolute Gasteiger partial charge is 0.220 e. The molecule has 0 unspecified atom stereocenters. The van der Waals surface area contributed by atoms with Gasteiger partial charge in [0.25, 0.3) is 0 Å². The minimum atomic E-state index is 0.115. The van der Waals surface area contributed by atoms with E-state index in [0.29, 0.717) is 13.0 Å². The van der Waals surface area contributed by atoms with Crippen LogP contribution in [0.5, 0.6) is 0 Å². The summed E-state index contributed by atoms with van der Waals surface area (Å²) in [5.74, 6) is 0.115. The fourth-order valence-electron chi connectivity index (χ4n) is 1.51. The summed E-state index contributed by atoms with van der Waals surface area (Å²) in [6.45, 7) is 4.62. The molecule has 3 nitrogen and oxygen atoms in total. The van der Waals surface area contributed by atoms with Gasteiger partial charge in [-0.1, -0.05) is 25.5 Å². The lowest BCUT2D eigenvalue weighted by molar-refractivity contribution is -0.121. The molecule has 0 aliphatic heterocycles. The second kappa shape index (κ2) is 6.16. The zero-order chi connectivity index (χ0) is 12.0. The SMILES string of the molecule is CCCCC(=O)NCc1cccc(N)c1C. The van der Waals surface area contributed by atoms with Crippen LogP contribution < -0.4 is 11.1 Å². The highest BCUT2D eigenvalue weighted by Gasteiger charge is 2.03. The van der Waals surface area contributed by atoms with E-state index in [4.69, 9.17) is 5.73 Å². The van der Waals surface area contributed by atoms with E-state index in [1.807, 2.05) is 25.1 Å². The summed E-state index contributed by atoms with van der Waals surface area (Å²) in [6, 6.07) is 5.78. The molecule has 0 fully saturated rings. The number of hydrogen-bond donors (Lipinski definition) is 2. The summed E-state index contributed by atoms with van der Waals surface area (Å²) in [5, 5.41) is 2.91. The second-order valence-electron chi connectivity index (χ2n) is 4.01. The molecule has 0 spiro atoms. The van der Waals surface area contributed by atoms with Gasteiger partial charge in [0.1, 0.15) is 0 Å². The van der Waals surface area contributed by atoms with Gasteiger partial charge < -0.3 is 11.1 Å². The molecule has 1 rings (SSSR count). The van der Waals surface area contributed by atoms with Crippen LogP contribution in [0.2, 0.25) is 0 Å². The Hall–Kier alpha value is -1.51. The Bertz CT molecular complexity index is 361. The van der Waals surface area contributed by atoms with E-state index in [9.17, 15) is 4.79 Å². The summed E-state index contributed by atoms with van der Waals surface area (Å²) in [5.41, 5.74) is 8.71. The van der Waals surface area contributed by atoms with Crippen molar-refractivity contribution in [1.29, 1.82) is 0 Å². The van der Waals surface area contributed by atoms with Crippen LogP contribution in [0.4, 0.5) is 5.69 Å². The standard InChI is InChI=1S/C13H20N2O/c1-3-4-8-13(16)15-9-11-6-5-7-12(14)10(11)2/h5-7H,3-4,8-9,14H2,1-2H3,(H,15,16). The Labute approximate surface area is 97.0 Å². The zero-order valence-electron chi connectivity index (χ0n) is 10.0. The maximum Gasteiger partial charge on any atom is 0.220 e. The predicted octanol–water partition coefficient (Wildman–Crippen LogP) is 2.38. The molecule has 0 bridgehead atoms. The minimum absolute atomic E-state index is 0.115. The lowest BCUT2D eigenvalue weighted by atomic mass is 10.1. The number of rotatable bonds is 5. The van der Waals surface area contributed by atoms with Crippen molar-refractivity contribution in [3.63, 3.8) is 0 Å². The van der Waals surface area contributed by atoms with Gasteiger partial charge in [-0.2, -0.15) is 0 Å². The highest BCUT2D eigenvalue weighted by Crippen LogP contribution is 2.15. The van der Waals surface area contributed by atoms with Crippen LogP contribution in [0.25, 0.3) is 0 Å². The molecule has 1 aromatic rings. The van der Waals surface area contributed by atoms with E-state index in [1.54, 1.807) is 0 Å². The highest BCUT2D eigenvalue weighted by molar-refractivity contribution is 5.75. The van der Waals surface area contributed by atoms with Crippen LogP contribution >= 0.6 is 0 Å². The molecule has 1 amide bonds. The number of amides is 1. The van der Waals surface area contributed by atoms with Crippen LogP contribution in [-0.2, 0) is 11.3 Å². The lowest BCUT2D eigenvalue weighted by Crippen LogP contribution is -2.22. The van der Waals surface area contributed by atoms with Gasteiger partial charge in [0, 0.05) is 18.7 Å². The molecule has 3 heteroatoms. The fourth-order valence-corrected chi connectivity index (χ4v) is 1.51. The van der Waals surface area contributed by atoms with Gasteiger partial charge in [0.15, 0.2) is 0 Å². The van der Waals surface area contributed by atoms with Gasteiger partial charge in [-0.05, 0) is 30.5 Å². The molecule has 0 aliphatic rings. The van der Waals surface area contributed by atoms with E-state index in [0.717, 1.165) is 29.7 Å². The first-order valence-corrected chi connectivity index (χ1v) is 5.75. The Morgan fingerprint density at radius 2 is 2.19 bits per heavy atom. The molecule has 88 valence electrons. The maximum absolute atomic E-state index is 11.4. The number of nitrogens with one attached hydrogen (secondary N) is 1. The third-order valence-corrected chi connectivity index (χ3v) is 2.72. The lowest BCUT2D eigenvalue weighted by Gasteiger charge is -2.09. The summed E-state index contributed by atoms with van der Waals surface area (Å²) in [6.07, 6.45) is 2.60. The number of carbonyl (C=O) groups is 1. The van der Waals surface area contributed by atoms with Crippen LogP contribution in [0.15, 0.2) is 18.2 Å². The van der Waals surface area contributed by atoms with Crippen LogP contribution in [-0.4, -0.2) is 5.91 Å². The Balaban J connectivity index is 2.48. The van der Waals surface area contributed by atoms with E-state index in [-0.39, 0.29) is 5.91 Å². The van der Waals surface area contributed by atoms with Gasteiger partial charge in [-0.15, -0.1) is 0 Å². The molecule has 0 saturated heterocycles. The van der Waals surface area contributed by atoms with Crippen molar-refractivity contribution in [2.24, 2.45) is 0 Å². The maximum atomic E-state index is 11.4. The van der Waals surface area contributed by atoms with Crippen molar-refractivity contribution in [3.05, 3.63) is 29.3 Å². The number of nitrogen functional groups attached to an aromatic ring is 1. The van der Waals surface area contributed by atoms with Crippen molar-refractivity contribution in [2.75, 3.05) is 5.73 Å². The molecule has 16 heavy (non-hydrogen) atoms. The number of carbonyl (C=O) groups excluding carboxylic acids is 1. The Kier molecular flexibility index (Phi) is 4.83. The van der Waals surface area contributed by atoms with Crippen LogP contribution in [0.1, 0.15) is 37.3 Å². The zero-order valence-corrected chi connectivity index (χ0v) is 10.0. The summed E-state index contributed by atoms with van der Waals surface area (Å²) in [7, 11) is 0. The molecule has 0 heterocycles. The number of nitrogens with two attached hydrogens (primary N) is 1. The van der Waals surface area contributed by atoms with Gasteiger partial charge in [0.05, 0.1) is 0 Å². The molecule has 0 radical (unpaired) electrons. The summed E-state index contributed by atoms with van der Waals surface area (Å²) < 4.78 is 0. The third-order valence-electron chi connectivity index (χ3n) is 2.72. The minimum Gasteiger partial charge on any atom is -0.399 e. The highest BCUT2D eigenvalue weighted by atomic mass is 16.1. The van der Waals surface area contributed by atoms with Crippen molar-refractivity contribution in [1.82, 2.24) is 5.32 Å². The van der Waals surface area contributed by atoms with Crippen molar-refractivity contribution < 1.29 is 4.79 Å². The molecule has 0 aromatic heterocycles. The molecule has 1 aromatic carbocycles. The second-order valence-corrected chi connectivity index (χ2v) is 4.01. The van der Waals surface area contributed by atoms with Crippen molar-refractivity contribution in [3.8, 4) is 0 Å². The molecule has 0 atom stereocenters. The average molecular weight is 220 g/mol. The topological polar surface area (TPSA) is 55.1 Å². The van der Waals surface area contributed by atoms with Gasteiger partial charge in [0.2, 0.25) is 5.91 Å². The summed E-state index contributed by atoms with van der Waals surface area (Å²) in [4.78, 5) is 11.4. The number of anilines is 1. The fraction of sp³-hybridized carbons (Fsp3) is 0.462. The molecule has 0 saturated carbocycles. The number of benzene rings is 1. The number of hydrogen-bond acceptors (Lipinski definition) is 2. The molecule has 3 N–H and O–H groups in total. The number of unbranched alkanes of at least 4 members (excludes halogenated alkanes) is 1. The average Bonchev–Trinajstić information content (AvgIpc) is 2.28. The van der Waals surface area contributed by atoms with Gasteiger partial charge in [-0.25, -0.2) is 0 Å².